The summed E-state index contributed by atoms with van der Waals surface area (Å²) >= 11 is 1.35. The van der Waals surface area contributed by atoms with Gasteiger partial charge in [-0.15, -0.1) is 11.3 Å². The Balaban J connectivity index is 2.49. The number of nitrogens with two attached hydrogens (primary N) is 1. The second kappa shape index (κ2) is 4.34. The molecule has 7 nitrogen and oxygen atoms in total. The molecule has 0 aliphatic rings. The van der Waals surface area contributed by atoms with Crippen molar-refractivity contribution in [3.05, 3.63) is 26.8 Å². The highest BCUT2D eigenvalue weighted by Gasteiger charge is 2.13. The highest BCUT2D eigenvalue weighted by atomic mass is 32.1. The molecule has 2 aromatic rings. The molecule has 8 heteroatoms. The molecule has 0 spiro atoms. The number of nitrogens with one attached hydrogen (secondary N) is 1. The molecule has 0 fully saturated rings. The summed E-state index contributed by atoms with van der Waals surface area (Å²) in [5.74, 6) is -0.979. The zero-order chi connectivity index (χ0) is 12.4. The number of hydrogen-bond acceptors (Lipinski definition) is 6. The van der Waals surface area contributed by atoms with Crippen LogP contribution in [0.15, 0.2) is 15.7 Å². The van der Waals surface area contributed by atoms with Crippen LogP contribution in [-0.4, -0.2) is 26.0 Å². The molecule has 17 heavy (non-hydrogen) atoms. The number of aliphatic carboxylic acids is 1. The molecule has 0 bridgehead atoms. The normalized spacial score (nSPS) is 10.4. The van der Waals surface area contributed by atoms with E-state index in [2.05, 4.69) is 15.0 Å². The molecule has 0 aliphatic heterocycles. The van der Waals surface area contributed by atoms with Crippen LogP contribution in [-0.2, 0) is 11.2 Å². The van der Waals surface area contributed by atoms with E-state index in [9.17, 15) is 9.59 Å². The Bertz CT molecular complexity index is 605. The maximum Gasteiger partial charge on any atom is 0.308 e. The fourth-order valence-corrected chi connectivity index (χ4v) is 1.82. The van der Waals surface area contributed by atoms with Crippen molar-refractivity contribution in [3.8, 4) is 11.5 Å². The van der Waals surface area contributed by atoms with Gasteiger partial charge in [0.15, 0.2) is 5.82 Å². The number of anilines is 1. The topological polar surface area (TPSA) is 122 Å². The molecular formula is C9H8N4O3S. The molecule has 0 saturated heterocycles. The number of H-pyrrole nitrogens is 1. The molecule has 0 radical (unpaired) electrons. The van der Waals surface area contributed by atoms with Gasteiger partial charge >= 0.3 is 5.97 Å². The van der Waals surface area contributed by atoms with Gasteiger partial charge in [0, 0.05) is 5.38 Å². The van der Waals surface area contributed by atoms with Gasteiger partial charge in [-0.2, -0.15) is 0 Å². The predicted octanol–water partition coefficient (Wildman–Crippen LogP) is 0.103. The molecule has 0 atom stereocenters. The number of aromatic amines is 1. The van der Waals surface area contributed by atoms with Crippen LogP contribution in [0.5, 0.6) is 0 Å². The van der Waals surface area contributed by atoms with E-state index >= 15 is 0 Å². The highest BCUT2D eigenvalue weighted by molar-refractivity contribution is 7.07. The van der Waals surface area contributed by atoms with E-state index < -0.39 is 17.9 Å². The van der Waals surface area contributed by atoms with Crippen LogP contribution >= 0.6 is 11.3 Å². The SMILES string of the molecule is Nc1nc(-c2cscn2)[nH]c(=O)c1CC(=O)O. The Morgan fingerprint density at radius 2 is 2.35 bits per heavy atom. The minimum atomic E-state index is -1.13. The third kappa shape index (κ3) is 2.31. The van der Waals surface area contributed by atoms with Crippen molar-refractivity contribution in [3.63, 3.8) is 0 Å². The lowest BCUT2D eigenvalue weighted by molar-refractivity contribution is -0.136. The molecule has 0 unspecified atom stereocenters. The van der Waals surface area contributed by atoms with Crippen LogP contribution < -0.4 is 11.3 Å². The lowest BCUT2D eigenvalue weighted by atomic mass is 10.2. The van der Waals surface area contributed by atoms with Crippen molar-refractivity contribution in [2.24, 2.45) is 0 Å². The number of aromatic nitrogens is 3. The average Bonchev–Trinajstić information content (AvgIpc) is 2.76. The minimum Gasteiger partial charge on any atom is -0.481 e. The Kier molecular flexibility index (Phi) is 2.88. The van der Waals surface area contributed by atoms with Crippen molar-refractivity contribution < 1.29 is 9.90 Å². The first-order valence-corrected chi connectivity index (χ1v) is 5.51. The molecule has 0 aliphatic carbocycles. The number of carbonyl (C=O) groups is 1. The van der Waals surface area contributed by atoms with Crippen LogP contribution in [0.2, 0.25) is 0 Å². The molecule has 88 valence electrons. The van der Waals surface area contributed by atoms with Gasteiger partial charge in [-0.3, -0.25) is 9.59 Å². The van der Waals surface area contributed by atoms with Crippen LogP contribution in [0.3, 0.4) is 0 Å². The molecule has 2 heterocycles. The van der Waals surface area contributed by atoms with Gasteiger partial charge in [0.05, 0.1) is 17.5 Å². The largest absolute Gasteiger partial charge is 0.481 e. The van der Waals surface area contributed by atoms with E-state index in [1.807, 2.05) is 0 Å². The van der Waals surface area contributed by atoms with E-state index in [4.69, 9.17) is 10.8 Å². The van der Waals surface area contributed by atoms with Crippen LogP contribution in [0.1, 0.15) is 5.56 Å². The number of thiazole rings is 1. The lowest BCUT2D eigenvalue weighted by Gasteiger charge is -2.03. The number of hydrogen-bond donors (Lipinski definition) is 3. The second-order valence-electron chi connectivity index (χ2n) is 3.22. The number of nitrogens with zero attached hydrogens (tertiary/aromatic N) is 2. The van der Waals surface area contributed by atoms with E-state index in [1.165, 1.54) is 11.3 Å². The summed E-state index contributed by atoms with van der Waals surface area (Å²) in [6.45, 7) is 0. The van der Waals surface area contributed by atoms with E-state index in [1.54, 1.807) is 10.9 Å². The van der Waals surface area contributed by atoms with Crippen molar-refractivity contribution in [1.82, 2.24) is 15.0 Å². The van der Waals surface area contributed by atoms with Gasteiger partial charge in [0.1, 0.15) is 11.5 Å². The maximum atomic E-state index is 11.6. The standard InChI is InChI=1S/C9H8N4O3S/c10-7-4(1-6(14)15)9(16)13-8(12-7)5-2-17-3-11-5/h2-3H,1H2,(H,14,15)(H3,10,12,13,16). The lowest BCUT2D eigenvalue weighted by Crippen LogP contribution is -2.21. The van der Waals surface area contributed by atoms with Crippen LogP contribution in [0.4, 0.5) is 5.82 Å². The van der Waals surface area contributed by atoms with Crippen molar-refractivity contribution in [2.75, 3.05) is 5.73 Å². The van der Waals surface area contributed by atoms with Crippen LogP contribution in [0.25, 0.3) is 11.5 Å². The first kappa shape index (κ1) is 11.3. The summed E-state index contributed by atoms with van der Waals surface area (Å²) in [7, 11) is 0. The average molecular weight is 252 g/mol. The summed E-state index contributed by atoms with van der Waals surface area (Å²) in [4.78, 5) is 32.5. The Labute approximate surface area is 99.0 Å². The monoisotopic (exact) mass is 252 g/mol. The summed E-state index contributed by atoms with van der Waals surface area (Å²) in [5, 5.41) is 10.3. The van der Waals surface area contributed by atoms with Gasteiger partial charge in [-0.05, 0) is 0 Å². The summed E-state index contributed by atoms with van der Waals surface area (Å²) in [6, 6.07) is 0. The molecular weight excluding hydrogens is 244 g/mol. The molecule has 0 saturated carbocycles. The molecule has 0 amide bonds. The van der Waals surface area contributed by atoms with E-state index in [-0.39, 0.29) is 17.2 Å². The van der Waals surface area contributed by atoms with Gasteiger partial charge in [-0.25, -0.2) is 9.97 Å². The minimum absolute atomic E-state index is 0.0449. The third-order valence-electron chi connectivity index (χ3n) is 2.05. The van der Waals surface area contributed by atoms with Crippen molar-refractivity contribution >= 4 is 23.1 Å². The molecule has 4 N–H and O–H groups in total. The van der Waals surface area contributed by atoms with Crippen molar-refractivity contribution in [1.29, 1.82) is 0 Å². The van der Waals surface area contributed by atoms with Gasteiger partial charge in [-0.1, -0.05) is 0 Å². The predicted molar refractivity (Wildman–Crippen MR) is 61.7 cm³/mol. The number of rotatable bonds is 3. The van der Waals surface area contributed by atoms with Gasteiger partial charge in [0.25, 0.3) is 5.56 Å². The van der Waals surface area contributed by atoms with E-state index in [0.29, 0.717) is 5.69 Å². The maximum absolute atomic E-state index is 11.6. The third-order valence-corrected chi connectivity index (χ3v) is 2.64. The van der Waals surface area contributed by atoms with Gasteiger partial charge < -0.3 is 15.8 Å². The van der Waals surface area contributed by atoms with Gasteiger partial charge in [0.2, 0.25) is 0 Å². The summed E-state index contributed by atoms with van der Waals surface area (Å²) < 4.78 is 0. The molecule has 2 rings (SSSR count). The Hall–Kier alpha value is -2.22. The van der Waals surface area contributed by atoms with Crippen molar-refractivity contribution in [2.45, 2.75) is 6.42 Å². The fourth-order valence-electron chi connectivity index (χ4n) is 1.29. The second-order valence-corrected chi connectivity index (χ2v) is 3.94. The Morgan fingerprint density at radius 1 is 1.59 bits per heavy atom. The molecule has 0 aromatic carbocycles. The summed E-state index contributed by atoms with van der Waals surface area (Å²) in [6.07, 6.45) is -0.453. The Morgan fingerprint density at radius 3 is 2.88 bits per heavy atom. The van der Waals surface area contributed by atoms with E-state index in [0.717, 1.165) is 0 Å². The zero-order valence-corrected chi connectivity index (χ0v) is 9.32. The highest BCUT2D eigenvalue weighted by Crippen LogP contribution is 2.15. The first-order chi connectivity index (χ1) is 8.08. The van der Waals surface area contributed by atoms with Crippen LogP contribution in [0, 0.1) is 0 Å². The number of nitrogen functional groups attached to an aromatic ring is 1. The molecule has 2 aromatic heterocycles. The summed E-state index contributed by atoms with van der Waals surface area (Å²) in [5.41, 5.74) is 7.05. The quantitative estimate of drug-likeness (QED) is 0.712. The number of carboxylic acids is 1. The smallest absolute Gasteiger partial charge is 0.308 e. The first-order valence-electron chi connectivity index (χ1n) is 4.57. The zero-order valence-electron chi connectivity index (χ0n) is 8.51. The number of carboxylic acid groups (broad SMARTS) is 1. The fraction of sp³-hybridized carbons (Fsp3) is 0.111.